The van der Waals surface area contributed by atoms with E-state index in [1.165, 1.54) is 6.92 Å². The van der Waals surface area contributed by atoms with Crippen LogP contribution in [0.4, 0.5) is 0 Å². The van der Waals surface area contributed by atoms with Crippen LogP contribution in [-0.2, 0) is 9.53 Å². The first-order chi connectivity index (χ1) is 7.61. The topological polar surface area (TPSA) is 50.1 Å². The van der Waals surface area contributed by atoms with Gasteiger partial charge in [-0.05, 0) is 18.6 Å². The highest BCUT2D eigenvalue weighted by atomic mass is 16.5. The van der Waals surface area contributed by atoms with Gasteiger partial charge in [0.15, 0.2) is 0 Å². The van der Waals surface area contributed by atoms with Gasteiger partial charge in [0.1, 0.15) is 6.61 Å². The van der Waals surface area contributed by atoms with E-state index in [9.17, 15) is 4.79 Å². The minimum atomic E-state index is -0.384. The molecule has 0 unspecified atom stereocenters. The Morgan fingerprint density at radius 2 is 2.06 bits per heavy atom. The number of ether oxygens (including phenoxy) is 1. The standard InChI is InChI=1S/C13H13NO2/c1-10-3-5-12(6-4-10)7-13(8-14)9-16-11(2)15/h3-7H,9H2,1-2H3/b13-7+. The minimum absolute atomic E-state index is 0.0275. The number of hydrogen-bond acceptors (Lipinski definition) is 3. The molecule has 0 spiro atoms. The lowest BCUT2D eigenvalue weighted by Crippen LogP contribution is -2.01. The summed E-state index contributed by atoms with van der Waals surface area (Å²) in [6, 6.07) is 9.77. The fourth-order valence-electron chi connectivity index (χ4n) is 1.15. The average Bonchev–Trinajstić information content (AvgIpc) is 2.26. The van der Waals surface area contributed by atoms with Gasteiger partial charge in [0, 0.05) is 6.92 Å². The van der Waals surface area contributed by atoms with E-state index < -0.39 is 0 Å². The van der Waals surface area contributed by atoms with Crippen LogP contribution in [0, 0.1) is 18.3 Å². The number of carbonyl (C=O) groups is 1. The van der Waals surface area contributed by atoms with Gasteiger partial charge >= 0.3 is 5.97 Å². The molecule has 1 rings (SSSR count). The molecule has 0 N–H and O–H groups in total. The van der Waals surface area contributed by atoms with Crippen LogP contribution in [0.25, 0.3) is 6.08 Å². The van der Waals surface area contributed by atoms with E-state index in [1.807, 2.05) is 37.3 Å². The average molecular weight is 215 g/mol. The molecule has 0 aliphatic rings. The first-order valence-corrected chi connectivity index (χ1v) is 4.92. The lowest BCUT2D eigenvalue weighted by Gasteiger charge is -2.00. The number of esters is 1. The Balaban J connectivity index is 2.76. The van der Waals surface area contributed by atoms with Gasteiger partial charge in [-0.1, -0.05) is 29.8 Å². The van der Waals surface area contributed by atoms with Gasteiger partial charge in [-0.3, -0.25) is 4.79 Å². The third-order valence-corrected chi connectivity index (χ3v) is 1.99. The molecular formula is C13H13NO2. The van der Waals surface area contributed by atoms with Crippen LogP contribution in [0.3, 0.4) is 0 Å². The van der Waals surface area contributed by atoms with E-state index in [0.29, 0.717) is 5.57 Å². The Labute approximate surface area is 95.0 Å². The summed E-state index contributed by atoms with van der Waals surface area (Å²) in [5.41, 5.74) is 2.52. The highest BCUT2D eigenvalue weighted by Crippen LogP contribution is 2.08. The lowest BCUT2D eigenvalue weighted by atomic mass is 10.1. The van der Waals surface area contributed by atoms with Gasteiger partial charge in [-0.15, -0.1) is 0 Å². The molecule has 16 heavy (non-hydrogen) atoms. The summed E-state index contributed by atoms with van der Waals surface area (Å²) in [6.45, 7) is 3.35. The maximum atomic E-state index is 10.6. The quantitative estimate of drug-likeness (QED) is 0.575. The maximum absolute atomic E-state index is 10.6. The molecule has 0 aromatic heterocycles. The van der Waals surface area contributed by atoms with E-state index in [2.05, 4.69) is 0 Å². The lowest BCUT2D eigenvalue weighted by molar-refractivity contribution is -0.139. The zero-order valence-corrected chi connectivity index (χ0v) is 9.36. The van der Waals surface area contributed by atoms with Gasteiger partial charge in [0.25, 0.3) is 0 Å². The molecule has 0 bridgehead atoms. The van der Waals surface area contributed by atoms with Gasteiger partial charge in [0.05, 0.1) is 11.6 Å². The molecule has 0 radical (unpaired) electrons. The van der Waals surface area contributed by atoms with E-state index in [0.717, 1.165) is 11.1 Å². The Hall–Kier alpha value is -2.08. The Kier molecular flexibility index (Phi) is 4.28. The normalized spacial score (nSPS) is 10.7. The highest BCUT2D eigenvalue weighted by molar-refractivity contribution is 5.67. The van der Waals surface area contributed by atoms with Crippen LogP contribution in [0.2, 0.25) is 0 Å². The molecule has 1 aromatic carbocycles. The summed E-state index contributed by atoms with van der Waals surface area (Å²) >= 11 is 0. The molecule has 3 heteroatoms. The summed E-state index contributed by atoms with van der Waals surface area (Å²) in [7, 11) is 0. The molecular weight excluding hydrogens is 202 g/mol. The predicted octanol–water partition coefficient (Wildman–Crippen LogP) is 2.47. The number of carbonyl (C=O) groups excluding carboxylic acids is 1. The molecule has 82 valence electrons. The SMILES string of the molecule is CC(=O)OC/C(C#N)=C/c1ccc(C)cc1. The largest absolute Gasteiger partial charge is 0.460 e. The molecule has 0 amide bonds. The van der Waals surface area contributed by atoms with E-state index in [1.54, 1.807) is 6.08 Å². The van der Waals surface area contributed by atoms with Crippen molar-refractivity contribution in [1.82, 2.24) is 0 Å². The third-order valence-electron chi connectivity index (χ3n) is 1.99. The monoisotopic (exact) mass is 215 g/mol. The van der Waals surface area contributed by atoms with E-state index >= 15 is 0 Å². The van der Waals surface area contributed by atoms with Crippen molar-refractivity contribution in [1.29, 1.82) is 5.26 Å². The molecule has 0 fully saturated rings. The molecule has 0 saturated heterocycles. The van der Waals surface area contributed by atoms with Crippen molar-refractivity contribution in [3.63, 3.8) is 0 Å². The van der Waals surface area contributed by atoms with Crippen LogP contribution in [0.5, 0.6) is 0 Å². The summed E-state index contributed by atoms with van der Waals surface area (Å²) in [5.74, 6) is -0.384. The Bertz CT molecular complexity index is 438. The Morgan fingerprint density at radius 3 is 2.56 bits per heavy atom. The second-order valence-electron chi connectivity index (χ2n) is 3.47. The summed E-state index contributed by atoms with van der Waals surface area (Å²) < 4.78 is 4.76. The zero-order chi connectivity index (χ0) is 12.0. The van der Waals surface area contributed by atoms with Crippen molar-refractivity contribution in [2.24, 2.45) is 0 Å². The molecule has 3 nitrogen and oxygen atoms in total. The van der Waals surface area contributed by atoms with E-state index in [-0.39, 0.29) is 12.6 Å². The summed E-state index contributed by atoms with van der Waals surface area (Å²) in [5, 5.41) is 8.85. The first-order valence-electron chi connectivity index (χ1n) is 4.92. The van der Waals surface area contributed by atoms with Crippen molar-refractivity contribution in [3.05, 3.63) is 41.0 Å². The molecule has 1 aromatic rings. The van der Waals surface area contributed by atoms with Crippen LogP contribution in [-0.4, -0.2) is 12.6 Å². The fourth-order valence-corrected chi connectivity index (χ4v) is 1.15. The smallest absolute Gasteiger partial charge is 0.302 e. The van der Waals surface area contributed by atoms with Crippen LogP contribution < -0.4 is 0 Å². The summed E-state index contributed by atoms with van der Waals surface area (Å²) in [6.07, 6.45) is 1.71. The molecule has 0 heterocycles. The van der Waals surface area contributed by atoms with Gasteiger partial charge in [-0.25, -0.2) is 0 Å². The van der Waals surface area contributed by atoms with Crippen LogP contribution in [0.1, 0.15) is 18.1 Å². The molecule has 0 saturated carbocycles. The molecule has 0 aliphatic heterocycles. The van der Waals surface area contributed by atoms with Crippen molar-refractivity contribution in [2.75, 3.05) is 6.61 Å². The zero-order valence-electron chi connectivity index (χ0n) is 9.36. The number of rotatable bonds is 3. The van der Waals surface area contributed by atoms with Gasteiger partial charge < -0.3 is 4.74 Å². The van der Waals surface area contributed by atoms with Crippen molar-refractivity contribution < 1.29 is 9.53 Å². The third kappa shape index (κ3) is 3.97. The minimum Gasteiger partial charge on any atom is -0.460 e. The number of nitriles is 1. The van der Waals surface area contributed by atoms with Crippen molar-refractivity contribution in [2.45, 2.75) is 13.8 Å². The van der Waals surface area contributed by atoms with Gasteiger partial charge in [0.2, 0.25) is 0 Å². The number of aryl methyl sites for hydroxylation is 1. The van der Waals surface area contributed by atoms with Crippen LogP contribution >= 0.6 is 0 Å². The second kappa shape index (κ2) is 5.72. The maximum Gasteiger partial charge on any atom is 0.302 e. The van der Waals surface area contributed by atoms with Gasteiger partial charge in [-0.2, -0.15) is 5.26 Å². The van der Waals surface area contributed by atoms with Crippen molar-refractivity contribution in [3.8, 4) is 6.07 Å². The second-order valence-corrected chi connectivity index (χ2v) is 3.47. The number of benzene rings is 1. The van der Waals surface area contributed by atoms with Crippen molar-refractivity contribution >= 4 is 12.0 Å². The highest BCUT2D eigenvalue weighted by Gasteiger charge is 1.99. The number of nitrogens with zero attached hydrogens (tertiary/aromatic N) is 1. The number of hydrogen-bond donors (Lipinski definition) is 0. The summed E-state index contributed by atoms with van der Waals surface area (Å²) in [4.78, 5) is 10.6. The van der Waals surface area contributed by atoms with E-state index in [4.69, 9.17) is 10.00 Å². The molecule has 0 aliphatic carbocycles. The first kappa shape index (κ1) is 12.0. The molecule has 0 atom stereocenters. The van der Waals surface area contributed by atoms with Crippen LogP contribution in [0.15, 0.2) is 29.8 Å². The Morgan fingerprint density at radius 1 is 1.44 bits per heavy atom. The predicted molar refractivity (Wildman–Crippen MR) is 61.4 cm³/mol. The fraction of sp³-hybridized carbons (Fsp3) is 0.231.